The molecule has 3 rings (SSSR count). The van der Waals surface area contributed by atoms with Crippen LogP contribution < -0.4 is 0 Å². The van der Waals surface area contributed by atoms with E-state index in [9.17, 15) is 9.18 Å². The van der Waals surface area contributed by atoms with E-state index in [4.69, 9.17) is 4.74 Å². The average molecular weight is 331 g/mol. The summed E-state index contributed by atoms with van der Waals surface area (Å²) in [5.74, 6) is -0.295. The van der Waals surface area contributed by atoms with Crippen LogP contribution in [0.25, 0.3) is 0 Å². The van der Waals surface area contributed by atoms with Crippen molar-refractivity contribution in [1.82, 2.24) is 14.7 Å². The molecule has 24 heavy (non-hydrogen) atoms. The first-order chi connectivity index (χ1) is 11.5. The predicted octanol–water partition coefficient (Wildman–Crippen LogP) is 2.38. The Bertz CT molecular complexity index is 713. The topological polar surface area (TPSA) is 47.4 Å². The summed E-state index contributed by atoms with van der Waals surface area (Å²) in [5, 5.41) is 4.22. The number of benzene rings is 1. The molecule has 5 nitrogen and oxygen atoms in total. The number of hydrogen-bond donors (Lipinski definition) is 0. The largest absolute Gasteiger partial charge is 0.368 e. The van der Waals surface area contributed by atoms with E-state index in [1.165, 1.54) is 24.3 Å². The van der Waals surface area contributed by atoms with Crippen LogP contribution in [-0.4, -0.2) is 46.7 Å². The van der Waals surface area contributed by atoms with Crippen molar-refractivity contribution in [3.8, 4) is 0 Å². The van der Waals surface area contributed by atoms with Gasteiger partial charge in [0.05, 0.1) is 12.8 Å². The minimum absolute atomic E-state index is 0.0320. The molecule has 1 aromatic heterocycles. The first-order valence-corrected chi connectivity index (χ1v) is 8.10. The van der Waals surface area contributed by atoms with Crippen LogP contribution >= 0.6 is 0 Å². The van der Waals surface area contributed by atoms with Gasteiger partial charge >= 0.3 is 0 Å². The van der Waals surface area contributed by atoms with E-state index in [-0.39, 0.29) is 11.6 Å². The summed E-state index contributed by atoms with van der Waals surface area (Å²) in [6, 6.07) is 5.72. The zero-order valence-electron chi connectivity index (χ0n) is 14.0. The number of Topliss-reactive ketones (excluding diaryl/α,β-unsaturated/α-hetero) is 1. The van der Waals surface area contributed by atoms with E-state index < -0.39 is 5.60 Å². The first kappa shape index (κ1) is 16.8. The third-order valence-electron chi connectivity index (χ3n) is 4.49. The van der Waals surface area contributed by atoms with Gasteiger partial charge in [0.25, 0.3) is 0 Å². The van der Waals surface area contributed by atoms with Gasteiger partial charge in [-0.2, -0.15) is 5.10 Å². The highest BCUT2D eigenvalue weighted by atomic mass is 19.1. The molecule has 2 heterocycles. The molecule has 2 aromatic rings. The Morgan fingerprint density at radius 3 is 2.79 bits per heavy atom. The van der Waals surface area contributed by atoms with Crippen molar-refractivity contribution in [3.63, 3.8) is 0 Å². The fourth-order valence-corrected chi connectivity index (χ4v) is 3.05. The first-order valence-electron chi connectivity index (χ1n) is 8.10. The summed E-state index contributed by atoms with van der Waals surface area (Å²) in [6.45, 7) is 4.85. The SMILES string of the molecule is Cn1cc(C2(C)CN(CCC(=O)c3ccc(F)cc3)CCO2)cn1. The van der Waals surface area contributed by atoms with E-state index in [0.717, 1.165) is 18.7 Å². The maximum absolute atomic E-state index is 12.9. The number of ketones is 1. The van der Waals surface area contributed by atoms with Crippen LogP contribution in [0.5, 0.6) is 0 Å². The van der Waals surface area contributed by atoms with Gasteiger partial charge in [-0.1, -0.05) is 0 Å². The normalized spacial score (nSPS) is 21.8. The third-order valence-corrected chi connectivity index (χ3v) is 4.49. The number of carbonyl (C=O) groups excluding carboxylic acids is 1. The number of aryl methyl sites for hydroxylation is 1. The lowest BCUT2D eigenvalue weighted by molar-refractivity contribution is -0.102. The maximum Gasteiger partial charge on any atom is 0.164 e. The minimum Gasteiger partial charge on any atom is -0.368 e. The van der Waals surface area contributed by atoms with Crippen molar-refractivity contribution in [1.29, 1.82) is 0 Å². The van der Waals surface area contributed by atoms with Gasteiger partial charge in [0.1, 0.15) is 11.4 Å². The lowest BCUT2D eigenvalue weighted by Crippen LogP contribution is -2.48. The second-order valence-electron chi connectivity index (χ2n) is 6.44. The molecule has 0 amide bonds. The van der Waals surface area contributed by atoms with Crippen LogP contribution in [0.3, 0.4) is 0 Å². The zero-order valence-corrected chi connectivity index (χ0v) is 14.0. The van der Waals surface area contributed by atoms with Crippen molar-refractivity contribution in [2.75, 3.05) is 26.2 Å². The molecular formula is C18H22FN3O2. The van der Waals surface area contributed by atoms with Gasteiger partial charge in [-0.25, -0.2) is 4.39 Å². The van der Waals surface area contributed by atoms with Crippen molar-refractivity contribution in [2.45, 2.75) is 18.9 Å². The number of morpholine rings is 1. The Kier molecular flexibility index (Phi) is 4.78. The van der Waals surface area contributed by atoms with Gasteiger partial charge < -0.3 is 4.74 Å². The molecule has 0 bridgehead atoms. The molecule has 0 spiro atoms. The number of rotatable bonds is 5. The molecule has 1 aliphatic rings. The average Bonchev–Trinajstić information content (AvgIpc) is 3.01. The lowest BCUT2D eigenvalue weighted by Gasteiger charge is -2.40. The zero-order chi connectivity index (χ0) is 17.2. The van der Waals surface area contributed by atoms with Crippen molar-refractivity contribution in [3.05, 3.63) is 53.6 Å². The van der Waals surface area contributed by atoms with Gasteiger partial charge in [0.15, 0.2) is 5.78 Å². The number of halogens is 1. The highest BCUT2D eigenvalue weighted by molar-refractivity contribution is 5.96. The van der Waals surface area contributed by atoms with E-state index in [2.05, 4.69) is 16.9 Å². The molecule has 1 aromatic carbocycles. The summed E-state index contributed by atoms with van der Waals surface area (Å²) in [5.41, 5.74) is 1.19. The van der Waals surface area contributed by atoms with Gasteiger partial charge in [0.2, 0.25) is 0 Å². The number of aromatic nitrogens is 2. The van der Waals surface area contributed by atoms with Gasteiger partial charge in [-0.05, 0) is 31.2 Å². The molecule has 0 N–H and O–H groups in total. The van der Waals surface area contributed by atoms with Crippen LogP contribution in [-0.2, 0) is 17.4 Å². The fraction of sp³-hybridized carbons (Fsp3) is 0.444. The second kappa shape index (κ2) is 6.83. The third kappa shape index (κ3) is 3.71. The molecule has 1 aliphatic heterocycles. The molecule has 0 saturated carbocycles. The van der Waals surface area contributed by atoms with Gasteiger partial charge in [-0.3, -0.25) is 14.4 Å². The van der Waals surface area contributed by atoms with Crippen LogP contribution in [0.15, 0.2) is 36.7 Å². The maximum atomic E-state index is 12.9. The van der Waals surface area contributed by atoms with Crippen LogP contribution in [0.4, 0.5) is 4.39 Å². The highest BCUT2D eigenvalue weighted by Gasteiger charge is 2.34. The summed E-state index contributed by atoms with van der Waals surface area (Å²) >= 11 is 0. The van der Waals surface area contributed by atoms with Gasteiger partial charge in [-0.15, -0.1) is 0 Å². The molecule has 1 saturated heterocycles. The number of nitrogens with zero attached hydrogens (tertiary/aromatic N) is 3. The molecule has 1 atom stereocenters. The minimum atomic E-state index is -0.411. The fourth-order valence-electron chi connectivity index (χ4n) is 3.05. The van der Waals surface area contributed by atoms with Crippen LogP contribution in [0, 0.1) is 5.82 Å². The van der Waals surface area contributed by atoms with Crippen molar-refractivity contribution < 1.29 is 13.9 Å². The van der Waals surface area contributed by atoms with E-state index in [1.807, 2.05) is 19.4 Å². The Balaban J connectivity index is 1.59. The molecular weight excluding hydrogens is 309 g/mol. The number of carbonyl (C=O) groups is 1. The van der Waals surface area contributed by atoms with E-state index in [1.54, 1.807) is 4.68 Å². The summed E-state index contributed by atoms with van der Waals surface area (Å²) < 4.78 is 20.7. The second-order valence-corrected chi connectivity index (χ2v) is 6.44. The number of ether oxygens (including phenoxy) is 1. The Morgan fingerprint density at radius 1 is 1.38 bits per heavy atom. The summed E-state index contributed by atoms with van der Waals surface area (Å²) in [6.07, 6.45) is 4.20. The van der Waals surface area contributed by atoms with Crippen molar-refractivity contribution >= 4 is 5.78 Å². The number of hydrogen-bond acceptors (Lipinski definition) is 4. The lowest BCUT2D eigenvalue weighted by atomic mass is 9.96. The predicted molar refractivity (Wildman–Crippen MR) is 88.3 cm³/mol. The van der Waals surface area contributed by atoms with E-state index >= 15 is 0 Å². The molecule has 0 aliphatic carbocycles. The quantitative estimate of drug-likeness (QED) is 0.789. The Hall–Kier alpha value is -2.05. The summed E-state index contributed by atoms with van der Waals surface area (Å²) in [4.78, 5) is 14.5. The smallest absolute Gasteiger partial charge is 0.164 e. The molecule has 6 heteroatoms. The molecule has 1 unspecified atom stereocenters. The Labute approximate surface area is 141 Å². The van der Waals surface area contributed by atoms with Crippen molar-refractivity contribution in [2.24, 2.45) is 7.05 Å². The summed E-state index contributed by atoms with van der Waals surface area (Å²) in [7, 11) is 1.88. The molecule has 128 valence electrons. The monoisotopic (exact) mass is 331 g/mol. The van der Waals surface area contributed by atoms with E-state index in [0.29, 0.717) is 25.1 Å². The van der Waals surface area contributed by atoms with Crippen LogP contribution in [0.1, 0.15) is 29.3 Å². The standard InChI is InChI=1S/C18H22FN3O2/c1-18(15-11-20-21(2)12-15)13-22(9-10-24-18)8-7-17(23)14-3-5-16(19)6-4-14/h3-6,11-12H,7-10,13H2,1-2H3. The molecule has 1 fully saturated rings. The highest BCUT2D eigenvalue weighted by Crippen LogP contribution is 2.29. The molecule has 0 radical (unpaired) electrons. The van der Waals surface area contributed by atoms with Crippen LogP contribution in [0.2, 0.25) is 0 Å². The van der Waals surface area contributed by atoms with Gasteiger partial charge in [0, 0.05) is 50.4 Å². The Morgan fingerprint density at radius 2 is 2.12 bits per heavy atom.